The van der Waals surface area contributed by atoms with Crippen LogP contribution in [0, 0.1) is 11.8 Å². The van der Waals surface area contributed by atoms with Crippen LogP contribution in [0.4, 0.5) is 0 Å². The Hall–Kier alpha value is -0.850. The monoisotopic (exact) mass is 238 g/mol. The molecule has 0 amide bonds. The van der Waals surface area contributed by atoms with E-state index < -0.39 is 5.60 Å². The summed E-state index contributed by atoms with van der Waals surface area (Å²) < 4.78 is 11.3. The van der Waals surface area contributed by atoms with Crippen LogP contribution in [-0.4, -0.2) is 24.3 Å². The Labute approximate surface area is 104 Å². The molecule has 0 aromatic carbocycles. The van der Waals surface area contributed by atoms with Crippen molar-refractivity contribution in [3.05, 3.63) is 0 Å². The zero-order valence-corrected chi connectivity index (χ0v) is 11.0. The van der Waals surface area contributed by atoms with Crippen molar-refractivity contribution in [3.63, 3.8) is 0 Å². The second-order valence-corrected chi connectivity index (χ2v) is 4.50. The lowest BCUT2D eigenvalue weighted by atomic mass is 9.85. The number of rotatable bonds is 4. The van der Waals surface area contributed by atoms with Crippen molar-refractivity contribution in [2.75, 3.05) is 6.61 Å². The van der Waals surface area contributed by atoms with Crippen molar-refractivity contribution in [1.29, 1.82) is 0 Å². The van der Waals surface area contributed by atoms with Crippen molar-refractivity contribution < 1.29 is 14.3 Å². The molecule has 3 nitrogen and oxygen atoms in total. The minimum Gasteiger partial charge on any atom is -0.353 e. The highest BCUT2D eigenvalue weighted by Crippen LogP contribution is 2.32. The highest BCUT2D eigenvalue weighted by Gasteiger charge is 2.33. The molecule has 1 atom stereocenters. The highest BCUT2D eigenvalue weighted by molar-refractivity contribution is 5.93. The molecule has 0 bridgehead atoms. The van der Waals surface area contributed by atoms with Gasteiger partial charge in [-0.15, -0.1) is 0 Å². The number of carbonyl (C=O) groups excluding carboxylic acids is 1. The molecule has 0 aliphatic heterocycles. The van der Waals surface area contributed by atoms with Crippen molar-refractivity contribution >= 4 is 5.78 Å². The number of ether oxygens (including phenoxy) is 2. The summed E-state index contributed by atoms with van der Waals surface area (Å²) in [5, 5.41) is 0. The third kappa shape index (κ3) is 4.89. The fourth-order valence-electron chi connectivity index (χ4n) is 2.18. The molecule has 1 aliphatic carbocycles. The van der Waals surface area contributed by atoms with Crippen LogP contribution in [0.15, 0.2) is 0 Å². The van der Waals surface area contributed by atoms with E-state index in [9.17, 15) is 4.79 Å². The average molecular weight is 238 g/mol. The molecule has 0 heterocycles. The lowest BCUT2D eigenvalue weighted by Gasteiger charge is -2.34. The average Bonchev–Trinajstić information content (AvgIpc) is 2.28. The molecule has 0 aromatic heterocycles. The molecular formula is C14H22O3. The van der Waals surface area contributed by atoms with Gasteiger partial charge < -0.3 is 9.47 Å². The number of ketones is 1. The maximum absolute atomic E-state index is 11.0. The maximum Gasteiger partial charge on any atom is 0.202 e. The summed E-state index contributed by atoms with van der Waals surface area (Å²) in [4.78, 5) is 11.0. The molecular weight excluding hydrogens is 216 g/mol. The molecule has 1 rings (SSSR count). The first kappa shape index (κ1) is 14.2. The van der Waals surface area contributed by atoms with Crippen LogP contribution in [0.5, 0.6) is 0 Å². The highest BCUT2D eigenvalue weighted by atomic mass is 16.7. The molecule has 0 spiro atoms. The van der Waals surface area contributed by atoms with Crippen molar-refractivity contribution in [3.8, 4) is 11.8 Å². The summed E-state index contributed by atoms with van der Waals surface area (Å²) in [5.74, 6) is 5.55. The van der Waals surface area contributed by atoms with Crippen molar-refractivity contribution in [2.24, 2.45) is 0 Å². The van der Waals surface area contributed by atoms with Crippen molar-refractivity contribution in [1.82, 2.24) is 0 Å². The predicted octanol–water partition coefficient (Wildman–Crippen LogP) is 2.68. The Morgan fingerprint density at radius 3 is 2.53 bits per heavy atom. The molecule has 0 N–H and O–H groups in total. The largest absolute Gasteiger partial charge is 0.353 e. The van der Waals surface area contributed by atoms with E-state index in [1.807, 2.05) is 13.8 Å². The van der Waals surface area contributed by atoms with Crippen molar-refractivity contribution in [2.45, 2.75) is 64.8 Å². The van der Waals surface area contributed by atoms with Crippen LogP contribution < -0.4 is 0 Å². The second kappa shape index (κ2) is 6.78. The molecule has 96 valence electrons. The summed E-state index contributed by atoms with van der Waals surface area (Å²) >= 11 is 0. The Kier molecular flexibility index (Phi) is 5.67. The van der Waals surface area contributed by atoms with Gasteiger partial charge in [-0.1, -0.05) is 12.3 Å². The molecule has 0 saturated heterocycles. The molecule has 1 fully saturated rings. The minimum atomic E-state index is -0.474. The van der Waals surface area contributed by atoms with Gasteiger partial charge >= 0.3 is 0 Å². The van der Waals surface area contributed by atoms with Gasteiger partial charge in [0, 0.05) is 13.5 Å². The van der Waals surface area contributed by atoms with Gasteiger partial charge in [0.2, 0.25) is 5.78 Å². The Balaban J connectivity index is 2.72. The number of hydrogen-bond donors (Lipinski definition) is 0. The van der Waals surface area contributed by atoms with Crippen LogP contribution in [-0.2, 0) is 14.3 Å². The first-order valence-corrected chi connectivity index (χ1v) is 6.41. The predicted molar refractivity (Wildman–Crippen MR) is 66.4 cm³/mol. The third-order valence-corrected chi connectivity index (χ3v) is 2.92. The Morgan fingerprint density at radius 2 is 2.00 bits per heavy atom. The zero-order valence-electron chi connectivity index (χ0n) is 11.0. The van der Waals surface area contributed by atoms with Gasteiger partial charge in [0.1, 0.15) is 5.60 Å². The zero-order chi connectivity index (χ0) is 12.7. The van der Waals surface area contributed by atoms with E-state index in [1.54, 1.807) is 0 Å². The topological polar surface area (TPSA) is 35.5 Å². The van der Waals surface area contributed by atoms with Gasteiger partial charge in [-0.05, 0) is 45.5 Å². The lowest BCUT2D eigenvalue weighted by molar-refractivity contribution is -0.188. The standard InChI is InChI=1S/C14H22O3/c1-4-16-13(3)17-14(11-8-12(2)15)9-6-5-7-10-14/h13H,4-7,9-10H2,1-3H3. The summed E-state index contributed by atoms with van der Waals surface area (Å²) in [6, 6.07) is 0. The lowest BCUT2D eigenvalue weighted by Crippen LogP contribution is -2.37. The van der Waals surface area contributed by atoms with E-state index in [-0.39, 0.29) is 12.1 Å². The Bertz CT molecular complexity index is 305. The van der Waals surface area contributed by atoms with E-state index in [1.165, 1.54) is 13.3 Å². The molecule has 1 saturated carbocycles. The van der Waals surface area contributed by atoms with Gasteiger partial charge in [-0.2, -0.15) is 0 Å². The molecule has 1 aliphatic rings. The van der Waals surface area contributed by atoms with Crippen LogP contribution >= 0.6 is 0 Å². The summed E-state index contributed by atoms with van der Waals surface area (Å²) in [5.41, 5.74) is -0.474. The SMILES string of the molecule is CCOC(C)OC1(C#CC(C)=O)CCCCC1. The van der Waals surface area contributed by atoms with Crippen LogP contribution in [0.1, 0.15) is 52.9 Å². The van der Waals surface area contributed by atoms with Gasteiger partial charge in [-0.25, -0.2) is 0 Å². The molecule has 0 aromatic rings. The third-order valence-electron chi connectivity index (χ3n) is 2.92. The van der Waals surface area contributed by atoms with Gasteiger partial charge in [-0.3, -0.25) is 4.79 Å². The summed E-state index contributed by atoms with van der Waals surface area (Å²) in [6.07, 6.45) is 4.95. The fraction of sp³-hybridized carbons (Fsp3) is 0.786. The first-order valence-electron chi connectivity index (χ1n) is 6.41. The second-order valence-electron chi connectivity index (χ2n) is 4.50. The van der Waals surface area contributed by atoms with Crippen LogP contribution in [0.2, 0.25) is 0 Å². The normalized spacial score (nSPS) is 20.2. The minimum absolute atomic E-state index is 0.109. The van der Waals surface area contributed by atoms with Gasteiger partial charge in [0.25, 0.3) is 0 Å². The molecule has 0 radical (unpaired) electrons. The number of carbonyl (C=O) groups is 1. The van der Waals surface area contributed by atoms with Gasteiger partial charge in [0.05, 0.1) is 0 Å². The van der Waals surface area contributed by atoms with E-state index >= 15 is 0 Å². The van der Waals surface area contributed by atoms with E-state index in [4.69, 9.17) is 9.47 Å². The van der Waals surface area contributed by atoms with E-state index in [0.29, 0.717) is 6.61 Å². The maximum atomic E-state index is 11.0. The molecule has 3 heteroatoms. The number of hydrogen-bond acceptors (Lipinski definition) is 3. The number of Topliss-reactive ketones (excluding diaryl/α,β-unsaturated/α-hetero) is 1. The van der Waals surface area contributed by atoms with Crippen LogP contribution in [0.25, 0.3) is 0 Å². The van der Waals surface area contributed by atoms with E-state index in [2.05, 4.69) is 11.8 Å². The summed E-state index contributed by atoms with van der Waals surface area (Å²) in [7, 11) is 0. The fourth-order valence-corrected chi connectivity index (χ4v) is 2.18. The van der Waals surface area contributed by atoms with Crippen LogP contribution in [0.3, 0.4) is 0 Å². The Morgan fingerprint density at radius 1 is 1.35 bits per heavy atom. The molecule has 17 heavy (non-hydrogen) atoms. The molecule has 1 unspecified atom stereocenters. The smallest absolute Gasteiger partial charge is 0.202 e. The summed E-state index contributed by atoms with van der Waals surface area (Å²) in [6.45, 7) is 5.93. The van der Waals surface area contributed by atoms with Gasteiger partial charge in [0.15, 0.2) is 6.29 Å². The first-order chi connectivity index (χ1) is 8.08. The van der Waals surface area contributed by atoms with E-state index in [0.717, 1.165) is 25.7 Å². The quantitative estimate of drug-likeness (QED) is 0.429.